The molecule has 156 valence electrons. The lowest BCUT2D eigenvalue weighted by molar-refractivity contribution is -0.133. The summed E-state index contributed by atoms with van der Waals surface area (Å²) in [4.78, 5) is 27.4. The van der Waals surface area contributed by atoms with Crippen molar-refractivity contribution in [3.63, 3.8) is 0 Å². The number of aromatic nitrogens is 2. The predicted octanol–water partition coefficient (Wildman–Crippen LogP) is 2.94. The minimum absolute atomic E-state index is 0.0232. The van der Waals surface area contributed by atoms with Gasteiger partial charge in [-0.2, -0.15) is 5.10 Å². The van der Waals surface area contributed by atoms with Gasteiger partial charge in [-0.15, -0.1) is 0 Å². The molecule has 1 aromatic carbocycles. The molecule has 0 saturated carbocycles. The van der Waals surface area contributed by atoms with Crippen LogP contribution in [0.2, 0.25) is 0 Å². The Hall–Kier alpha value is -2.83. The van der Waals surface area contributed by atoms with Gasteiger partial charge in [-0.1, -0.05) is 6.07 Å². The molecule has 2 heterocycles. The summed E-state index contributed by atoms with van der Waals surface area (Å²) in [5, 5.41) is 7.29. The Balaban J connectivity index is 1.77. The fourth-order valence-electron chi connectivity index (χ4n) is 4.01. The van der Waals surface area contributed by atoms with Crippen molar-refractivity contribution in [1.29, 1.82) is 0 Å². The van der Waals surface area contributed by atoms with Crippen LogP contribution in [0.3, 0.4) is 0 Å². The molecule has 1 aliphatic heterocycles. The Labute approximate surface area is 172 Å². The Morgan fingerprint density at radius 1 is 1.34 bits per heavy atom. The fourth-order valence-corrected chi connectivity index (χ4v) is 4.01. The number of aryl methyl sites for hydroxylation is 1. The number of amides is 2. The molecule has 2 aromatic rings. The summed E-state index contributed by atoms with van der Waals surface area (Å²) in [6.45, 7) is 8.97. The van der Waals surface area contributed by atoms with Crippen molar-refractivity contribution < 1.29 is 14.3 Å². The summed E-state index contributed by atoms with van der Waals surface area (Å²) in [6, 6.07) is 7.01. The molecule has 0 spiro atoms. The monoisotopic (exact) mass is 398 g/mol. The normalized spacial score (nSPS) is 19.5. The lowest BCUT2D eigenvalue weighted by Crippen LogP contribution is -2.44. The van der Waals surface area contributed by atoms with Crippen molar-refractivity contribution in [2.24, 2.45) is 13.0 Å². The second kappa shape index (κ2) is 8.27. The van der Waals surface area contributed by atoms with E-state index in [-0.39, 0.29) is 29.3 Å². The van der Waals surface area contributed by atoms with Crippen molar-refractivity contribution >= 4 is 11.8 Å². The van der Waals surface area contributed by atoms with Gasteiger partial charge < -0.3 is 15.0 Å². The van der Waals surface area contributed by atoms with Crippen molar-refractivity contribution in [3.05, 3.63) is 47.8 Å². The van der Waals surface area contributed by atoms with Gasteiger partial charge in [0.1, 0.15) is 5.75 Å². The summed E-state index contributed by atoms with van der Waals surface area (Å²) >= 11 is 0. The lowest BCUT2D eigenvalue weighted by Gasteiger charge is -2.38. The van der Waals surface area contributed by atoms with Crippen molar-refractivity contribution in [3.8, 4) is 5.75 Å². The Morgan fingerprint density at radius 3 is 2.72 bits per heavy atom. The van der Waals surface area contributed by atoms with Gasteiger partial charge in [0.15, 0.2) is 0 Å². The van der Waals surface area contributed by atoms with E-state index < -0.39 is 0 Å². The fraction of sp³-hybridized carbons (Fsp3) is 0.500. The molecule has 2 atom stereocenters. The third-order valence-corrected chi connectivity index (χ3v) is 5.15. The minimum atomic E-state index is -0.317. The smallest absolute Gasteiger partial charge is 0.251 e. The predicted molar refractivity (Wildman–Crippen MR) is 111 cm³/mol. The van der Waals surface area contributed by atoms with E-state index in [0.29, 0.717) is 30.9 Å². The first-order valence-electron chi connectivity index (χ1n) is 10.0. The van der Waals surface area contributed by atoms with Gasteiger partial charge in [-0.3, -0.25) is 14.3 Å². The first-order valence-corrected chi connectivity index (χ1v) is 10.0. The van der Waals surface area contributed by atoms with Crippen LogP contribution in [0.5, 0.6) is 5.75 Å². The van der Waals surface area contributed by atoms with E-state index in [2.05, 4.69) is 10.4 Å². The number of hydrogen-bond acceptors (Lipinski definition) is 4. The van der Waals surface area contributed by atoms with Gasteiger partial charge in [-0.05, 0) is 45.9 Å². The van der Waals surface area contributed by atoms with Crippen LogP contribution in [-0.4, -0.2) is 45.2 Å². The third kappa shape index (κ3) is 4.60. The highest BCUT2D eigenvalue weighted by molar-refractivity contribution is 5.94. The number of likely N-dealkylation sites (tertiary alicyclic amines) is 1. The van der Waals surface area contributed by atoms with Crippen molar-refractivity contribution in [1.82, 2.24) is 20.0 Å². The summed E-state index contributed by atoms with van der Waals surface area (Å²) in [5.41, 5.74) is 1.22. The largest absolute Gasteiger partial charge is 0.494 e. The number of nitrogens with one attached hydrogen (secondary N) is 1. The number of carbonyl (C=O) groups is 2. The number of carbonyl (C=O) groups excluding carboxylic acids is 2. The minimum Gasteiger partial charge on any atom is -0.494 e. The first kappa shape index (κ1) is 20.9. The molecule has 7 heteroatoms. The van der Waals surface area contributed by atoms with Gasteiger partial charge >= 0.3 is 0 Å². The highest BCUT2D eigenvalue weighted by atomic mass is 16.5. The van der Waals surface area contributed by atoms with E-state index in [0.717, 1.165) is 5.56 Å². The van der Waals surface area contributed by atoms with Crippen LogP contribution in [0.25, 0.3) is 0 Å². The van der Waals surface area contributed by atoms with E-state index >= 15 is 0 Å². The average molecular weight is 399 g/mol. The molecule has 0 aliphatic carbocycles. The van der Waals surface area contributed by atoms with Gasteiger partial charge in [-0.25, -0.2) is 0 Å². The number of benzene rings is 1. The molecule has 3 rings (SSSR count). The lowest BCUT2D eigenvalue weighted by atomic mass is 9.93. The number of rotatable bonds is 6. The van der Waals surface area contributed by atoms with E-state index in [1.807, 2.05) is 58.1 Å². The van der Waals surface area contributed by atoms with Gasteiger partial charge in [0.2, 0.25) is 5.91 Å². The van der Waals surface area contributed by atoms with Gasteiger partial charge in [0.25, 0.3) is 5.91 Å². The molecule has 7 nitrogen and oxygen atoms in total. The maximum Gasteiger partial charge on any atom is 0.251 e. The quantitative estimate of drug-likeness (QED) is 0.812. The Morgan fingerprint density at radius 2 is 2.10 bits per heavy atom. The van der Waals surface area contributed by atoms with Gasteiger partial charge in [0, 0.05) is 48.8 Å². The van der Waals surface area contributed by atoms with Crippen molar-refractivity contribution in [2.75, 3.05) is 13.2 Å². The molecule has 0 radical (unpaired) electrons. The molecular formula is C22H30N4O3. The van der Waals surface area contributed by atoms with Crippen LogP contribution in [0.4, 0.5) is 0 Å². The summed E-state index contributed by atoms with van der Waals surface area (Å²) in [6.07, 6.45) is 4.15. The van der Waals surface area contributed by atoms with Crippen LogP contribution >= 0.6 is 0 Å². The van der Waals surface area contributed by atoms with E-state index in [9.17, 15) is 9.59 Å². The zero-order valence-corrected chi connectivity index (χ0v) is 17.8. The standard InChI is InChI=1S/C22H30N4O3/c1-6-29-18-9-7-8-15(10-18)21(28)23-12-16-11-19(27)26(22(2,3)4)20(16)17-13-24-25(5)14-17/h7-10,13-14,16,20H,6,11-12H2,1-5H3,(H,23,28)/t16-,20+/m0/s1. The summed E-state index contributed by atoms with van der Waals surface area (Å²) in [5.74, 6) is 0.579. The van der Waals surface area contributed by atoms with Crippen LogP contribution in [-0.2, 0) is 11.8 Å². The van der Waals surface area contributed by atoms with Gasteiger partial charge in [0.05, 0.1) is 18.8 Å². The highest BCUT2D eigenvalue weighted by Gasteiger charge is 2.45. The maximum atomic E-state index is 12.8. The zero-order valence-electron chi connectivity index (χ0n) is 17.8. The molecular weight excluding hydrogens is 368 g/mol. The molecule has 29 heavy (non-hydrogen) atoms. The first-order chi connectivity index (χ1) is 13.7. The average Bonchev–Trinajstić information content (AvgIpc) is 3.22. The maximum absolute atomic E-state index is 12.8. The molecule has 0 bridgehead atoms. The zero-order chi connectivity index (χ0) is 21.2. The van der Waals surface area contributed by atoms with Crippen LogP contribution in [0.15, 0.2) is 36.7 Å². The van der Waals surface area contributed by atoms with Crippen LogP contribution < -0.4 is 10.1 Å². The van der Waals surface area contributed by atoms with Crippen LogP contribution in [0.1, 0.15) is 56.1 Å². The van der Waals surface area contributed by atoms with Crippen molar-refractivity contribution in [2.45, 2.75) is 45.7 Å². The molecule has 2 amide bonds. The molecule has 1 saturated heterocycles. The second-order valence-corrected chi connectivity index (χ2v) is 8.46. The summed E-state index contributed by atoms with van der Waals surface area (Å²) < 4.78 is 7.22. The number of hydrogen-bond donors (Lipinski definition) is 1. The second-order valence-electron chi connectivity index (χ2n) is 8.46. The highest BCUT2D eigenvalue weighted by Crippen LogP contribution is 2.42. The van der Waals surface area contributed by atoms with E-state index in [1.165, 1.54) is 0 Å². The Kier molecular flexibility index (Phi) is 5.96. The molecule has 1 fully saturated rings. The van der Waals surface area contributed by atoms with Crippen LogP contribution in [0, 0.1) is 5.92 Å². The molecule has 1 aliphatic rings. The topological polar surface area (TPSA) is 76.5 Å². The molecule has 0 unspecified atom stereocenters. The van der Waals surface area contributed by atoms with E-state index in [4.69, 9.17) is 4.74 Å². The number of ether oxygens (including phenoxy) is 1. The Bertz CT molecular complexity index is 884. The number of nitrogens with zero attached hydrogens (tertiary/aromatic N) is 3. The summed E-state index contributed by atoms with van der Waals surface area (Å²) in [7, 11) is 1.86. The van der Waals surface area contributed by atoms with E-state index in [1.54, 1.807) is 22.9 Å². The molecule has 1 N–H and O–H groups in total. The SMILES string of the molecule is CCOc1cccc(C(=O)NC[C@@H]2CC(=O)N(C(C)(C)C)[C@H]2c2cnn(C)c2)c1. The molecule has 1 aromatic heterocycles. The third-order valence-electron chi connectivity index (χ3n) is 5.15.